The van der Waals surface area contributed by atoms with E-state index in [1.165, 1.54) is 12.1 Å². The number of pyridine rings is 1. The SMILES string of the molecule is C=C(/C=C\N(C)C)Nc1cc(Oc2cccc(C(=O)CCc3cccc(F)c3)c2C)ccn1. The molecule has 1 N–H and O–H groups in total. The van der Waals surface area contributed by atoms with Gasteiger partial charge in [-0.2, -0.15) is 0 Å². The number of hydrogen-bond donors (Lipinski definition) is 1. The number of ether oxygens (including phenoxy) is 1. The predicted octanol–water partition coefficient (Wildman–Crippen LogP) is 6.14. The smallest absolute Gasteiger partial charge is 0.163 e. The number of nitrogens with one attached hydrogen (secondary N) is 1. The Morgan fingerprint density at radius 1 is 1.18 bits per heavy atom. The van der Waals surface area contributed by atoms with E-state index >= 15 is 0 Å². The highest BCUT2D eigenvalue weighted by atomic mass is 19.1. The third-order valence-electron chi connectivity index (χ3n) is 4.94. The van der Waals surface area contributed by atoms with Crippen molar-refractivity contribution >= 4 is 11.6 Å². The van der Waals surface area contributed by atoms with Gasteiger partial charge in [0.25, 0.3) is 0 Å². The molecule has 0 radical (unpaired) electrons. The largest absolute Gasteiger partial charge is 0.457 e. The fraction of sp³-hybridized carbons (Fsp3) is 0.185. The van der Waals surface area contributed by atoms with Crippen molar-refractivity contribution in [3.8, 4) is 11.5 Å². The first kappa shape index (κ1) is 23.7. The molecule has 0 fully saturated rings. The molecule has 0 saturated carbocycles. The second-order valence-corrected chi connectivity index (χ2v) is 7.89. The molecule has 0 atom stereocenters. The van der Waals surface area contributed by atoms with Crippen LogP contribution in [0.3, 0.4) is 0 Å². The lowest BCUT2D eigenvalue weighted by molar-refractivity contribution is 0.0982. The summed E-state index contributed by atoms with van der Waals surface area (Å²) in [5.41, 5.74) is 2.84. The lowest BCUT2D eigenvalue weighted by Gasteiger charge is -2.13. The number of aryl methyl sites for hydroxylation is 1. The Hall–Kier alpha value is -3.93. The van der Waals surface area contributed by atoms with E-state index in [-0.39, 0.29) is 11.6 Å². The maximum absolute atomic E-state index is 13.4. The molecule has 0 spiro atoms. The summed E-state index contributed by atoms with van der Waals surface area (Å²) in [6, 6.07) is 15.3. The highest BCUT2D eigenvalue weighted by molar-refractivity contribution is 5.98. The number of allylic oxidation sites excluding steroid dienone is 1. The van der Waals surface area contributed by atoms with E-state index in [0.717, 1.165) is 11.1 Å². The van der Waals surface area contributed by atoms with E-state index in [2.05, 4.69) is 16.9 Å². The van der Waals surface area contributed by atoms with E-state index in [0.29, 0.717) is 41.4 Å². The van der Waals surface area contributed by atoms with Gasteiger partial charge in [0.15, 0.2) is 5.78 Å². The van der Waals surface area contributed by atoms with Gasteiger partial charge in [0.2, 0.25) is 0 Å². The van der Waals surface area contributed by atoms with Gasteiger partial charge in [-0.15, -0.1) is 0 Å². The topological polar surface area (TPSA) is 54.5 Å². The number of carbonyl (C=O) groups is 1. The number of aromatic nitrogens is 1. The third kappa shape index (κ3) is 7.04. The molecule has 1 aromatic heterocycles. The minimum Gasteiger partial charge on any atom is -0.457 e. The van der Waals surface area contributed by atoms with Crippen LogP contribution in [0.4, 0.5) is 10.2 Å². The first-order valence-corrected chi connectivity index (χ1v) is 10.6. The molecule has 2 aromatic carbocycles. The van der Waals surface area contributed by atoms with Gasteiger partial charge in [-0.3, -0.25) is 4.79 Å². The molecule has 0 aliphatic rings. The van der Waals surface area contributed by atoms with Crippen LogP contribution in [0.15, 0.2) is 85.3 Å². The van der Waals surface area contributed by atoms with Crippen molar-refractivity contribution in [2.75, 3.05) is 19.4 Å². The quantitative estimate of drug-likeness (QED) is 0.300. The summed E-state index contributed by atoms with van der Waals surface area (Å²) in [6.07, 6.45) is 6.14. The highest BCUT2D eigenvalue weighted by Gasteiger charge is 2.14. The second kappa shape index (κ2) is 11.1. The number of nitrogens with zero attached hydrogens (tertiary/aromatic N) is 2. The van der Waals surface area contributed by atoms with Crippen LogP contribution in [0.5, 0.6) is 11.5 Å². The molecule has 0 aliphatic carbocycles. The van der Waals surface area contributed by atoms with Crippen LogP contribution in [0.2, 0.25) is 0 Å². The molecular weight excluding hydrogens is 417 g/mol. The molecule has 170 valence electrons. The molecule has 0 aliphatic heterocycles. The molecule has 3 aromatic rings. The number of benzene rings is 2. The number of rotatable bonds is 10. The van der Waals surface area contributed by atoms with Crippen molar-refractivity contribution in [2.24, 2.45) is 0 Å². The first-order chi connectivity index (χ1) is 15.8. The highest BCUT2D eigenvalue weighted by Crippen LogP contribution is 2.29. The van der Waals surface area contributed by atoms with E-state index < -0.39 is 0 Å². The van der Waals surface area contributed by atoms with Crippen LogP contribution >= 0.6 is 0 Å². The van der Waals surface area contributed by atoms with Gasteiger partial charge in [-0.1, -0.05) is 30.8 Å². The molecule has 33 heavy (non-hydrogen) atoms. The Bertz CT molecular complexity index is 1170. The summed E-state index contributed by atoms with van der Waals surface area (Å²) in [6.45, 7) is 5.82. The van der Waals surface area contributed by atoms with Crippen LogP contribution in [0, 0.1) is 12.7 Å². The van der Waals surface area contributed by atoms with Crippen molar-refractivity contribution < 1.29 is 13.9 Å². The normalized spacial score (nSPS) is 10.8. The summed E-state index contributed by atoms with van der Waals surface area (Å²) in [7, 11) is 3.86. The lowest BCUT2D eigenvalue weighted by atomic mass is 9.98. The van der Waals surface area contributed by atoms with Crippen molar-refractivity contribution in [1.29, 1.82) is 0 Å². The van der Waals surface area contributed by atoms with Crippen molar-refractivity contribution in [3.05, 3.63) is 108 Å². The van der Waals surface area contributed by atoms with Gasteiger partial charge in [-0.25, -0.2) is 9.37 Å². The number of anilines is 1. The number of carbonyl (C=O) groups excluding carboxylic acids is 1. The first-order valence-electron chi connectivity index (χ1n) is 10.6. The van der Waals surface area contributed by atoms with Crippen molar-refractivity contribution in [3.63, 3.8) is 0 Å². The zero-order chi connectivity index (χ0) is 23.8. The summed E-state index contributed by atoms with van der Waals surface area (Å²) < 4.78 is 19.4. The van der Waals surface area contributed by atoms with Gasteiger partial charge in [0.1, 0.15) is 23.1 Å². The van der Waals surface area contributed by atoms with Gasteiger partial charge < -0.3 is 15.0 Å². The van der Waals surface area contributed by atoms with Gasteiger partial charge in [0, 0.05) is 55.8 Å². The fourth-order valence-electron chi connectivity index (χ4n) is 3.23. The summed E-state index contributed by atoms with van der Waals surface area (Å²) >= 11 is 0. The average Bonchev–Trinajstić information content (AvgIpc) is 2.78. The monoisotopic (exact) mass is 445 g/mol. The van der Waals surface area contributed by atoms with E-state index in [9.17, 15) is 9.18 Å². The number of halogens is 1. The number of ketones is 1. The van der Waals surface area contributed by atoms with Crippen LogP contribution < -0.4 is 10.1 Å². The molecular formula is C27H28FN3O2. The fourth-order valence-corrected chi connectivity index (χ4v) is 3.23. The van der Waals surface area contributed by atoms with E-state index in [1.807, 2.05) is 50.3 Å². The standard InChI is InChI=1S/C27H28FN3O2/c1-19(14-16-31(3)4)30-27-18-23(13-15-29-27)33-26-10-6-9-24(20(26)2)25(32)12-11-21-7-5-8-22(28)17-21/h5-10,13-18H,1,11-12H2,2-4H3,(H,29,30)/b16-14-. The Balaban J connectivity index is 1.69. The molecule has 0 bridgehead atoms. The Labute approximate surface area is 194 Å². The lowest BCUT2D eigenvalue weighted by Crippen LogP contribution is -2.05. The van der Waals surface area contributed by atoms with Crippen LogP contribution in [-0.4, -0.2) is 29.8 Å². The maximum atomic E-state index is 13.4. The Morgan fingerprint density at radius 3 is 2.73 bits per heavy atom. The average molecular weight is 446 g/mol. The summed E-state index contributed by atoms with van der Waals surface area (Å²) in [5, 5.41) is 3.12. The minimum atomic E-state index is -0.296. The zero-order valence-electron chi connectivity index (χ0n) is 19.1. The Kier molecular flexibility index (Phi) is 7.97. The van der Waals surface area contributed by atoms with Gasteiger partial charge in [0.05, 0.1) is 0 Å². The molecule has 5 nitrogen and oxygen atoms in total. The molecule has 0 amide bonds. The van der Waals surface area contributed by atoms with Crippen LogP contribution in [-0.2, 0) is 6.42 Å². The summed E-state index contributed by atoms with van der Waals surface area (Å²) in [5.74, 6) is 1.47. The van der Waals surface area contributed by atoms with Gasteiger partial charge in [-0.05, 0) is 49.2 Å². The van der Waals surface area contributed by atoms with Crippen molar-refractivity contribution in [2.45, 2.75) is 19.8 Å². The van der Waals surface area contributed by atoms with Crippen molar-refractivity contribution in [1.82, 2.24) is 9.88 Å². The van der Waals surface area contributed by atoms with E-state index in [1.54, 1.807) is 36.5 Å². The van der Waals surface area contributed by atoms with Crippen LogP contribution in [0.25, 0.3) is 0 Å². The minimum absolute atomic E-state index is 0.0109. The molecule has 0 saturated heterocycles. The second-order valence-electron chi connectivity index (χ2n) is 7.89. The van der Waals surface area contributed by atoms with Crippen LogP contribution in [0.1, 0.15) is 27.9 Å². The number of hydrogen-bond acceptors (Lipinski definition) is 5. The van der Waals surface area contributed by atoms with Gasteiger partial charge >= 0.3 is 0 Å². The predicted molar refractivity (Wildman–Crippen MR) is 130 cm³/mol. The molecule has 0 unspecified atom stereocenters. The molecule has 3 rings (SSSR count). The van der Waals surface area contributed by atoms with E-state index in [4.69, 9.17) is 4.74 Å². The molecule has 1 heterocycles. The number of Topliss-reactive ketones (excluding diaryl/α,β-unsaturated/α-hetero) is 1. The molecule has 6 heteroatoms. The summed E-state index contributed by atoms with van der Waals surface area (Å²) in [4.78, 5) is 19.0. The third-order valence-corrected chi connectivity index (χ3v) is 4.94. The Morgan fingerprint density at radius 2 is 1.97 bits per heavy atom. The maximum Gasteiger partial charge on any atom is 0.163 e. The zero-order valence-corrected chi connectivity index (χ0v) is 19.1.